The van der Waals surface area contributed by atoms with Crippen LogP contribution >= 0.6 is 22.6 Å². The molecule has 0 spiro atoms. The Balaban J connectivity index is 2.48. The fourth-order valence-corrected chi connectivity index (χ4v) is 2.58. The van der Waals surface area contributed by atoms with Crippen LogP contribution in [0.1, 0.15) is 13.8 Å². The molecule has 100 valence electrons. The summed E-state index contributed by atoms with van der Waals surface area (Å²) in [6, 6.07) is 5.07. The number of aliphatic carboxylic acids is 1. The highest BCUT2D eigenvalue weighted by atomic mass is 127. The lowest BCUT2D eigenvalue weighted by atomic mass is 10.0. The van der Waals surface area contributed by atoms with Crippen molar-refractivity contribution in [3.63, 3.8) is 0 Å². The largest absolute Gasteiger partial charge is 0.480 e. The first kappa shape index (κ1) is 14.0. The van der Waals surface area contributed by atoms with E-state index in [0.717, 1.165) is 14.5 Å². The van der Waals surface area contributed by atoms with Crippen LogP contribution in [0.4, 0.5) is 5.82 Å². The molecular formula is C13H14IN3O2. The lowest BCUT2D eigenvalue weighted by Gasteiger charge is -2.19. The van der Waals surface area contributed by atoms with Crippen molar-refractivity contribution in [3.05, 3.63) is 28.1 Å². The molecule has 2 rings (SSSR count). The van der Waals surface area contributed by atoms with Gasteiger partial charge in [0.15, 0.2) is 0 Å². The van der Waals surface area contributed by atoms with Gasteiger partial charge in [0.05, 0.1) is 10.9 Å². The Morgan fingerprint density at radius 3 is 2.74 bits per heavy atom. The maximum atomic E-state index is 11.3. The van der Waals surface area contributed by atoms with Crippen LogP contribution in [-0.2, 0) is 4.79 Å². The standard InChI is InChI=1S/C13H14IN3O2/c1-7(2)11(13(18)19)17-12-10-8(14)4-3-5-9(10)15-6-16-12/h3-7,11H,1-2H3,(H,18,19)(H,15,16,17)/t11-/m1/s1. The summed E-state index contributed by atoms with van der Waals surface area (Å²) in [7, 11) is 0. The zero-order valence-corrected chi connectivity index (χ0v) is 12.7. The summed E-state index contributed by atoms with van der Waals surface area (Å²) in [5.41, 5.74) is 0.803. The first-order valence-corrected chi connectivity index (χ1v) is 6.97. The van der Waals surface area contributed by atoms with Gasteiger partial charge in [0, 0.05) is 3.57 Å². The third-order valence-corrected chi connectivity index (χ3v) is 3.74. The molecule has 2 aromatic rings. The summed E-state index contributed by atoms with van der Waals surface area (Å²) in [6.45, 7) is 3.72. The molecule has 1 atom stereocenters. The molecule has 19 heavy (non-hydrogen) atoms. The number of hydrogen-bond donors (Lipinski definition) is 2. The smallest absolute Gasteiger partial charge is 0.326 e. The van der Waals surface area contributed by atoms with Gasteiger partial charge >= 0.3 is 5.97 Å². The zero-order valence-electron chi connectivity index (χ0n) is 10.6. The maximum Gasteiger partial charge on any atom is 0.326 e. The quantitative estimate of drug-likeness (QED) is 0.809. The van der Waals surface area contributed by atoms with Crippen LogP contribution in [0, 0.1) is 9.49 Å². The van der Waals surface area contributed by atoms with E-state index in [1.54, 1.807) is 0 Å². The molecule has 2 N–H and O–H groups in total. The van der Waals surface area contributed by atoms with E-state index in [4.69, 9.17) is 0 Å². The van der Waals surface area contributed by atoms with Gasteiger partial charge in [-0.05, 0) is 40.6 Å². The Morgan fingerprint density at radius 1 is 1.37 bits per heavy atom. The molecule has 0 unspecified atom stereocenters. The Bertz CT molecular complexity index is 611. The summed E-state index contributed by atoms with van der Waals surface area (Å²) >= 11 is 2.20. The number of nitrogens with one attached hydrogen (secondary N) is 1. The number of carboxylic acid groups (broad SMARTS) is 1. The van der Waals surface area contributed by atoms with Crippen LogP contribution in [0.15, 0.2) is 24.5 Å². The van der Waals surface area contributed by atoms with Gasteiger partial charge in [-0.25, -0.2) is 14.8 Å². The van der Waals surface area contributed by atoms with E-state index in [-0.39, 0.29) is 5.92 Å². The van der Waals surface area contributed by atoms with Crippen LogP contribution < -0.4 is 5.32 Å². The maximum absolute atomic E-state index is 11.3. The van der Waals surface area contributed by atoms with Crippen LogP contribution in [0.25, 0.3) is 10.9 Å². The Kier molecular flexibility index (Phi) is 4.18. The number of nitrogens with zero attached hydrogens (tertiary/aromatic N) is 2. The van der Waals surface area contributed by atoms with E-state index in [1.807, 2.05) is 32.0 Å². The third-order valence-electron chi connectivity index (χ3n) is 2.84. The highest BCUT2D eigenvalue weighted by molar-refractivity contribution is 14.1. The summed E-state index contributed by atoms with van der Waals surface area (Å²) < 4.78 is 0.992. The van der Waals surface area contributed by atoms with E-state index in [0.29, 0.717) is 5.82 Å². The molecule has 0 fully saturated rings. The van der Waals surface area contributed by atoms with Crippen LogP contribution in [0.3, 0.4) is 0 Å². The summed E-state index contributed by atoms with van der Waals surface area (Å²) in [5, 5.41) is 13.1. The van der Waals surface area contributed by atoms with Gasteiger partial charge in [0.25, 0.3) is 0 Å². The topological polar surface area (TPSA) is 75.1 Å². The first-order valence-electron chi connectivity index (χ1n) is 5.89. The Morgan fingerprint density at radius 2 is 2.11 bits per heavy atom. The van der Waals surface area contributed by atoms with Crippen LogP contribution in [0.5, 0.6) is 0 Å². The minimum Gasteiger partial charge on any atom is -0.480 e. The van der Waals surface area contributed by atoms with Crippen molar-refractivity contribution in [2.75, 3.05) is 5.32 Å². The van der Waals surface area contributed by atoms with Crippen molar-refractivity contribution in [2.24, 2.45) is 5.92 Å². The van der Waals surface area contributed by atoms with Gasteiger partial charge in [-0.2, -0.15) is 0 Å². The van der Waals surface area contributed by atoms with E-state index < -0.39 is 12.0 Å². The van der Waals surface area contributed by atoms with Gasteiger partial charge in [0.2, 0.25) is 0 Å². The number of halogens is 1. The first-order chi connectivity index (χ1) is 9.00. The fourth-order valence-electron chi connectivity index (χ4n) is 1.84. The lowest BCUT2D eigenvalue weighted by molar-refractivity contribution is -0.138. The third kappa shape index (κ3) is 2.94. The molecule has 1 heterocycles. The van der Waals surface area contributed by atoms with Gasteiger partial charge in [-0.15, -0.1) is 0 Å². The Labute approximate surface area is 124 Å². The minimum atomic E-state index is -0.882. The van der Waals surface area contributed by atoms with E-state index in [1.165, 1.54) is 6.33 Å². The average Bonchev–Trinajstić information content (AvgIpc) is 2.35. The predicted molar refractivity (Wildman–Crippen MR) is 82.1 cm³/mol. The van der Waals surface area contributed by atoms with Crippen LogP contribution in [0.2, 0.25) is 0 Å². The van der Waals surface area contributed by atoms with Gasteiger partial charge in [0.1, 0.15) is 18.2 Å². The molecule has 6 heteroatoms. The average molecular weight is 371 g/mol. The van der Waals surface area contributed by atoms with Gasteiger partial charge < -0.3 is 10.4 Å². The molecule has 0 saturated heterocycles. The molecule has 0 aliphatic heterocycles. The van der Waals surface area contributed by atoms with Crippen molar-refractivity contribution in [2.45, 2.75) is 19.9 Å². The Hall–Kier alpha value is -1.44. The van der Waals surface area contributed by atoms with E-state index in [9.17, 15) is 9.90 Å². The summed E-state index contributed by atoms with van der Waals surface area (Å²) in [6.07, 6.45) is 1.44. The number of carboxylic acids is 1. The number of hydrogen-bond acceptors (Lipinski definition) is 4. The molecule has 0 saturated carbocycles. The highest BCUT2D eigenvalue weighted by Crippen LogP contribution is 2.26. The van der Waals surface area contributed by atoms with Crippen LogP contribution in [-0.4, -0.2) is 27.1 Å². The summed E-state index contributed by atoms with van der Waals surface area (Å²) in [4.78, 5) is 19.6. The van der Waals surface area contributed by atoms with Gasteiger partial charge in [-0.1, -0.05) is 19.9 Å². The summed E-state index contributed by atoms with van der Waals surface area (Å²) in [5.74, 6) is -0.354. The van der Waals surface area contributed by atoms with Crippen molar-refractivity contribution < 1.29 is 9.90 Å². The molecule has 0 radical (unpaired) electrons. The second-order valence-corrected chi connectivity index (χ2v) is 5.72. The van der Waals surface area contributed by atoms with Crippen molar-refractivity contribution in [1.29, 1.82) is 0 Å². The van der Waals surface area contributed by atoms with E-state index in [2.05, 4.69) is 37.9 Å². The fraction of sp³-hybridized carbons (Fsp3) is 0.308. The zero-order chi connectivity index (χ0) is 14.0. The molecule has 5 nitrogen and oxygen atoms in total. The minimum absolute atomic E-state index is 0.0381. The highest BCUT2D eigenvalue weighted by Gasteiger charge is 2.22. The molecule has 0 amide bonds. The molecule has 0 aliphatic rings. The molecule has 0 bridgehead atoms. The number of rotatable bonds is 4. The van der Waals surface area contributed by atoms with Crippen molar-refractivity contribution >= 4 is 45.3 Å². The molecule has 1 aromatic carbocycles. The number of fused-ring (bicyclic) bond motifs is 1. The molecular weight excluding hydrogens is 357 g/mol. The monoisotopic (exact) mass is 371 g/mol. The molecule has 1 aromatic heterocycles. The molecule has 0 aliphatic carbocycles. The SMILES string of the molecule is CC(C)[C@@H](Nc1ncnc2cccc(I)c12)C(=O)O. The van der Waals surface area contributed by atoms with Crippen molar-refractivity contribution in [3.8, 4) is 0 Å². The second kappa shape index (κ2) is 5.68. The number of carbonyl (C=O) groups is 1. The van der Waals surface area contributed by atoms with Crippen molar-refractivity contribution in [1.82, 2.24) is 9.97 Å². The second-order valence-electron chi connectivity index (χ2n) is 4.56. The predicted octanol–water partition coefficient (Wildman–Crippen LogP) is 2.76. The normalized spacial score (nSPS) is 12.6. The number of anilines is 1. The number of aromatic nitrogens is 2. The number of benzene rings is 1. The lowest BCUT2D eigenvalue weighted by Crippen LogP contribution is -2.34. The van der Waals surface area contributed by atoms with Gasteiger partial charge in [-0.3, -0.25) is 0 Å². The van der Waals surface area contributed by atoms with E-state index >= 15 is 0 Å².